The largest absolute Gasteiger partial charge is 0.456 e. The van der Waals surface area contributed by atoms with Crippen LogP contribution in [0.2, 0.25) is 0 Å². The minimum atomic E-state index is -4.33. The minimum absolute atomic E-state index is 0.0268. The summed E-state index contributed by atoms with van der Waals surface area (Å²) < 4.78 is 40.7. The molecule has 0 atom stereocenters. The van der Waals surface area contributed by atoms with Gasteiger partial charge < -0.3 is 9.47 Å². The van der Waals surface area contributed by atoms with Crippen LogP contribution in [0.3, 0.4) is 0 Å². The Morgan fingerprint density at radius 2 is 0.860 bits per heavy atom. The van der Waals surface area contributed by atoms with E-state index in [1.807, 2.05) is 24.3 Å². The maximum absolute atomic E-state index is 14.2. The van der Waals surface area contributed by atoms with Crippen LogP contribution < -0.4 is 19.3 Å². The number of carbonyl (C=O) groups excluding carboxylic acids is 4. The molecular weight excluding hydrogens is 741 g/mol. The molecule has 11 heteroatoms. The fraction of sp³-hybridized carbons (Fsp3) is 0.0435. The summed E-state index contributed by atoms with van der Waals surface area (Å²) >= 11 is 0. The highest BCUT2D eigenvalue weighted by molar-refractivity contribution is 7.91. The Morgan fingerprint density at radius 1 is 0.474 bits per heavy atom. The normalized spacial score (nSPS) is 13.4. The first-order valence-corrected chi connectivity index (χ1v) is 19.3. The van der Waals surface area contributed by atoms with Gasteiger partial charge in [0.25, 0.3) is 23.6 Å². The van der Waals surface area contributed by atoms with Crippen molar-refractivity contribution in [3.8, 4) is 23.0 Å². The molecule has 2 aliphatic heterocycles. The van der Waals surface area contributed by atoms with E-state index in [0.29, 0.717) is 24.3 Å². The minimum Gasteiger partial charge on any atom is -0.456 e. The van der Waals surface area contributed by atoms with Crippen molar-refractivity contribution >= 4 is 44.8 Å². The number of benzene rings is 6. The molecule has 0 aromatic heterocycles. The summed E-state index contributed by atoms with van der Waals surface area (Å²) in [6.07, 6.45) is 4.51. The zero-order valence-electron chi connectivity index (χ0n) is 30.3. The van der Waals surface area contributed by atoms with Gasteiger partial charge in [-0.05, 0) is 96.8 Å². The van der Waals surface area contributed by atoms with Gasteiger partial charge >= 0.3 is 0 Å². The molecule has 2 aliphatic rings. The van der Waals surface area contributed by atoms with Crippen molar-refractivity contribution in [2.24, 2.45) is 0 Å². The van der Waals surface area contributed by atoms with Crippen LogP contribution in [0.1, 0.15) is 52.6 Å². The van der Waals surface area contributed by atoms with Gasteiger partial charge in [-0.25, -0.2) is 18.2 Å². The fourth-order valence-corrected chi connectivity index (χ4v) is 8.29. The number of imide groups is 2. The smallest absolute Gasteiger partial charge is 0.269 e. The first-order chi connectivity index (χ1) is 27.6. The number of para-hydroxylation sites is 2. The molecule has 0 aliphatic carbocycles. The number of nitrogens with zero attached hydrogens (tertiary/aromatic N) is 2. The SMILES string of the molecule is C=CCc1ccccc1Oc1cccc2c1C(=O)N(c1cccc(S(=O)(=O)c3cccc(N4C(=O)c5cccc(Oc6ccccc6CC=C)c5C4=O)c3)c1)C2=O. The van der Waals surface area contributed by atoms with E-state index in [1.165, 1.54) is 60.7 Å². The van der Waals surface area contributed by atoms with Crippen LogP contribution in [0.25, 0.3) is 0 Å². The van der Waals surface area contributed by atoms with Crippen molar-refractivity contribution in [1.82, 2.24) is 0 Å². The highest BCUT2D eigenvalue weighted by atomic mass is 32.2. The van der Waals surface area contributed by atoms with E-state index in [4.69, 9.17) is 9.47 Å². The Kier molecular flexibility index (Phi) is 9.44. The zero-order valence-corrected chi connectivity index (χ0v) is 31.1. The first kappa shape index (κ1) is 36.6. The van der Waals surface area contributed by atoms with Gasteiger partial charge in [0.05, 0.1) is 43.4 Å². The van der Waals surface area contributed by atoms with E-state index >= 15 is 0 Å². The lowest BCUT2D eigenvalue weighted by Gasteiger charge is -2.17. The second-order valence-corrected chi connectivity index (χ2v) is 15.1. The van der Waals surface area contributed by atoms with Crippen molar-refractivity contribution in [3.63, 3.8) is 0 Å². The van der Waals surface area contributed by atoms with Crippen LogP contribution >= 0.6 is 0 Å². The Morgan fingerprint density at radius 3 is 1.28 bits per heavy atom. The van der Waals surface area contributed by atoms with Gasteiger partial charge in [0.2, 0.25) is 9.84 Å². The molecule has 10 nitrogen and oxygen atoms in total. The maximum atomic E-state index is 14.2. The molecule has 0 fully saturated rings. The number of ether oxygens (including phenoxy) is 2. The molecule has 0 saturated carbocycles. The quantitative estimate of drug-likeness (QED) is 0.0891. The third-order valence-electron chi connectivity index (χ3n) is 9.64. The van der Waals surface area contributed by atoms with Crippen molar-refractivity contribution < 1.29 is 37.1 Å². The number of sulfone groups is 1. The van der Waals surface area contributed by atoms with Gasteiger partial charge in [-0.2, -0.15) is 0 Å². The number of fused-ring (bicyclic) bond motifs is 2. The topological polar surface area (TPSA) is 127 Å². The molecule has 57 heavy (non-hydrogen) atoms. The number of carbonyl (C=O) groups is 4. The average molecular weight is 773 g/mol. The van der Waals surface area contributed by atoms with E-state index in [2.05, 4.69) is 13.2 Å². The molecule has 8 rings (SSSR count). The molecule has 280 valence electrons. The molecule has 6 aromatic carbocycles. The lowest BCUT2D eigenvalue weighted by atomic mass is 10.1. The predicted octanol–water partition coefficient (Wildman–Crippen LogP) is 9.16. The van der Waals surface area contributed by atoms with Crippen LogP contribution in [0.5, 0.6) is 23.0 Å². The number of hydrogen-bond donors (Lipinski definition) is 0. The summed E-state index contributed by atoms with van der Waals surface area (Å²) in [6.45, 7) is 7.58. The molecule has 0 bridgehead atoms. The number of amides is 4. The van der Waals surface area contributed by atoms with Crippen molar-refractivity contribution in [1.29, 1.82) is 0 Å². The summed E-state index contributed by atoms with van der Waals surface area (Å²) in [4.78, 5) is 56.8. The lowest BCUT2D eigenvalue weighted by Crippen LogP contribution is -2.29. The van der Waals surface area contributed by atoms with Crippen molar-refractivity contribution in [3.05, 3.63) is 192 Å². The third kappa shape index (κ3) is 6.39. The van der Waals surface area contributed by atoms with Crippen LogP contribution in [-0.4, -0.2) is 32.0 Å². The average Bonchev–Trinajstić information content (AvgIpc) is 3.64. The van der Waals surface area contributed by atoms with E-state index in [1.54, 1.807) is 60.7 Å². The molecule has 0 radical (unpaired) electrons. The Balaban J connectivity index is 1.08. The Hall–Kier alpha value is -7.37. The van der Waals surface area contributed by atoms with E-state index in [9.17, 15) is 27.6 Å². The summed E-state index contributed by atoms with van der Waals surface area (Å²) in [7, 11) is -4.33. The van der Waals surface area contributed by atoms with Crippen LogP contribution in [0.4, 0.5) is 11.4 Å². The molecule has 6 aromatic rings. The Labute approximate surface area is 328 Å². The van der Waals surface area contributed by atoms with Gasteiger partial charge in [-0.1, -0.05) is 72.8 Å². The van der Waals surface area contributed by atoms with Crippen molar-refractivity contribution in [2.45, 2.75) is 22.6 Å². The standard InChI is InChI=1S/C46H32N2O8S/c1-3-13-29-15-5-7-23-37(29)55-39-25-11-21-35-41(39)45(51)47(43(35)49)31-17-9-19-33(27-31)57(53,54)34-20-10-18-32(28-34)48-44(50)36-22-12-26-40(42(36)46(48)52)56-38-24-8-6-16-30(38)14-4-2/h3-12,15-28H,1-2,13-14H2. The van der Waals surface area contributed by atoms with Gasteiger partial charge in [-0.15, -0.1) is 13.2 Å². The second kappa shape index (κ2) is 14.7. The van der Waals surface area contributed by atoms with Crippen LogP contribution in [-0.2, 0) is 22.7 Å². The molecular formula is C46H32N2O8S. The van der Waals surface area contributed by atoms with Gasteiger partial charge in [0, 0.05) is 0 Å². The first-order valence-electron chi connectivity index (χ1n) is 17.8. The molecule has 0 saturated heterocycles. The van der Waals surface area contributed by atoms with Gasteiger partial charge in [-0.3, -0.25) is 19.2 Å². The number of anilines is 2. The van der Waals surface area contributed by atoms with E-state index in [-0.39, 0.29) is 54.9 Å². The lowest BCUT2D eigenvalue weighted by molar-refractivity contribution is 0.0909. The molecule has 0 spiro atoms. The second-order valence-electron chi connectivity index (χ2n) is 13.2. The monoisotopic (exact) mass is 772 g/mol. The zero-order chi connectivity index (χ0) is 39.8. The highest BCUT2D eigenvalue weighted by Crippen LogP contribution is 2.40. The van der Waals surface area contributed by atoms with E-state index < -0.39 is 33.5 Å². The Bertz CT molecular complexity index is 2630. The van der Waals surface area contributed by atoms with Crippen LogP contribution in [0.15, 0.2) is 169 Å². The molecule has 2 heterocycles. The molecule has 0 N–H and O–H groups in total. The number of allylic oxidation sites excluding steroid dienone is 2. The van der Waals surface area contributed by atoms with Crippen molar-refractivity contribution in [2.75, 3.05) is 9.80 Å². The number of hydrogen-bond acceptors (Lipinski definition) is 8. The molecule has 4 amide bonds. The fourth-order valence-electron chi connectivity index (χ4n) is 6.96. The predicted molar refractivity (Wildman–Crippen MR) is 214 cm³/mol. The van der Waals surface area contributed by atoms with E-state index in [0.717, 1.165) is 20.9 Å². The molecule has 0 unspecified atom stereocenters. The summed E-state index contributed by atoms with van der Waals surface area (Å²) in [5.41, 5.74) is 2.04. The highest BCUT2D eigenvalue weighted by Gasteiger charge is 2.41. The maximum Gasteiger partial charge on any atom is 0.269 e. The van der Waals surface area contributed by atoms with Gasteiger partial charge in [0.15, 0.2) is 0 Å². The summed E-state index contributed by atoms with van der Waals surface area (Å²) in [5, 5.41) is 0. The number of rotatable bonds is 12. The van der Waals surface area contributed by atoms with Crippen LogP contribution in [0, 0.1) is 0 Å². The van der Waals surface area contributed by atoms with Gasteiger partial charge in [0.1, 0.15) is 23.0 Å². The summed E-state index contributed by atoms with van der Waals surface area (Å²) in [6, 6.07) is 34.9. The third-order valence-corrected chi connectivity index (χ3v) is 11.4. The summed E-state index contributed by atoms with van der Waals surface area (Å²) in [5.74, 6) is -1.30.